The fraction of sp³-hybridized carbons (Fsp3) is 0.600. The normalized spacial score (nSPS) is 14.1. The molecule has 0 N–H and O–H groups in total. The molecule has 116 valence electrons. The summed E-state index contributed by atoms with van der Waals surface area (Å²) in [5.41, 5.74) is 1.28. The zero-order valence-corrected chi connectivity index (χ0v) is 13.4. The molecule has 0 radical (unpaired) electrons. The lowest BCUT2D eigenvalue weighted by Gasteiger charge is -2.29. The van der Waals surface area contributed by atoms with Crippen LogP contribution in [0.15, 0.2) is 11.4 Å². The van der Waals surface area contributed by atoms with Crippen molar-refractivity contribution in [2.45, 2.75) is 26.3 Å². The number of ether oxygens (including phenoxy) is 1. The summed E-state index contributed by atoms with van der Waals surface area (Å²) in [6.07, 6.45) is 1.28. The molecule has 0 atom stereocenters. The van der Waals surface area contributed by atoms with Gasteiger partial charge in [-0.15, -0.1) is 11.3 Å². The first-order valence-electron chi connectivity index (χ1n) is 7.26. The van der Waals surface area contributed by atoms with Gasteiger partial charge in [-0.2, -0.15) is 0 Å². The lowest BCUT2D eigenvalue weighted by atomic mass is 10.1. The van der Waals surface area contributed by atoms with Crippen molar-refractivity contribution < 1.29 is 14.3 Å². The van der Waals surface area contributed by atoms with Crippen LogP contribution in [-0.4, -0.2) is 55.0 Å². The molecule has 0 saturated heterocycles. The van der Waals surface area contributed by atoms with Crippen LogP contribution in [0.25, 0.3) is 0 Å². The zero-order chi connectivity index (χ0) is 15.2. The molecule has 0 aromatic carbocycles. The number of thiophene rings is 1. The quantitative estimate of drug-likeness (QED) is 0.748. The monoisotopic (exact) mass is 310 g/mol. The van der Waals surface area contributed by atoms with Crippen LogP contribution in [0.3, 0.4) is 0 Å². The Hall–Kier alpha value is -1.40. The molecule has 21 heavy (non-hydrogen) atoms. The third-order valence-corrected chi connectivity index (χ3v) is 4.85. The van der Waals surface area contributed by atoms with Crippen LogP contribution < -0.4 is 0 Å². The van der Waals surface area contributed by atoms with Crippen LogP contribution in [0.2, 0.25) is 0 Å². The standard InChI is InChI=1S/C15H22N2O3S/c1-3-16(7-5-15(19)20-2)11-14(18)17-8-4-13-12(10-17)6-9-21-13/h6,9H,3-5,7-8,10-11H2,1-2H3. The molecule has 2 heterocycles. The second-order valence-electron chi connectivity index (χ2n) is 5.13. The predicted molar refractivity (Wildman–Crippen MR) is 82.2 cm³/mol. The maximum Gasteiger partial charge on any atom is 0.306 e. The van der Waals surface area contributed by atoms with Crippen LogP contribution in [0.4, 0.5) is 0 Å². The first-order chi connectivity index (χ1) is 10.1. The lowest BCUT2D eigenvalue weighted by Crippen LogP contribution is -2.43. The van der Waals surface area contributed by atoms with E-state index in [4.69, 9.17) is 0 Å². The van der Waals surface area contributed by atoms with Crippen LogP contribution in [0, 0.1) is 0 Å². The molecule has 0 fully saturated rings. The molecule has 1 aromatic heterocycles. The van der Waals surface area contributed by atoms with Gasteiger partial charge in [0.05, 0.1) is 20.1 Å². The highest BCUT2D eigenvalue weighted by molar-refractivity contribution is 7.10. The largest absolute Gasteiger partial charge is 0.469 e. The van der Waals surface area contributed by atoms with Crippen molar-refractivity contribution in [1.29, 1.82) is 0 Å². The first kappa shape index (κ1) is 16.0. The Morgan fingerprint density at radius 1 is 1.48 bits per heavy atom. The van der Waals surface area contributed by atoms with Crippen molar-refractivity contribution >= 4 is 23.2 Å². The highest BCUT2D eigenvalue weighted by Gasteiger charge is 2.22. The van der Waals surface area contributed by atoms with E-state index in [0.717, 1.165) is 19.5 Å². The molecule has 1 amide bonds. The lowest BCUT2D eigenvalue weighted by molar-refractivity contribution is -0.141. The van der Waals surface area contributed by atoms with Gasteiger partial charge in [-0.3, -0.25) is 14.5 Å². The fourth-order valence-electron chi connectivity index (χ4n) is 2.45. The molecule has 0 spiro atoms. The van der Waals surface area contributed by atoms with E-state index in [1.807, 2.05) is 16.7 Å². The Bertz CT molecular complexity index is 501. The Balaban J connectivity index is 1.84. The number of rotatable bonds is 6. The smallest absolute Gasteiger partial charge is 0.306 e. The van der Waals surface area contributed by atoms with Gasteiger partial charge in [0.2, 0.25) is 5.91 Å². The van der Waals surface area contributed by atoms with Gasteiger partial charge < -0.3 is 9.64 Å². The van der Waals surface area contributed by atoms with Crippen molar-refractivity contribution in [1.82, 2.24) is 9.80 Å². The van der Waals surface area contributed by atoms with Gasteiger partial charge in [0.25, 0.3) is 0 Å². The molecule has 1 aliphatic heterocycles. The highest BCUT2D eigenvalue weighted by atomic mass is 32.1. The second-order valence-corrected chi connectivity index (χ2v) is 6.13. The third-order valence-electron chi connectivity index (χ3n) is 3.83. The molecular formula is C15H22N2O3S. The van der Waals surface area contributed by atoms with E-state index < -0.39 is 0 Å². The number of likely N-dealkylation sites (N-methyl/N-ethyl adjacent to an activating group) is 1. The van der Waals surface area contributed by atoms with Crippen molar-refractivity contribution in [2.24, 2.45) is 0 Å². The van der Waals surface area contributed by atoms with E-state index in [1.54, 1.807) is 11.3 Å². The van der Waals surface area contributed by atoms with Crippen molar-refractivity contribution in [3.8, 4) is 0 Å². The van der Waals surface area contributed by atoms with Gasteiger partial charge in [-0.05, 0) is 30.0 Å². The van der Waals surface area contributed by atoms with E-state index in [0.29, 0.717) is 26.1 Å². The summed E-state index contributed by atoms with van der Waals surface area (Å²) in [6.45, 7) is 5.19. The minimum Gasteiger partial charge on any atom is -0.469 e. The van der Waals surface area contributed by atoms with Crippen molar-refractivity contribution in [3.63, 3.8) is 0 Å². The average Bonchev–Trinajstić information content (AvgIpc) is 2.98. The van der Waals surface area contributed by atoms with Crippen LogP contribution in [0.1, 0.15) is 23.8 Å². The van der Waals surface area contributed by atoms with Gasteiger partial charge >= 0.3 is 5.97 Å². The number of carbonyl (C=O) groups excluding carboxylic acids is 2. The predicted octanol–water partition coefficient (Wildman–Crippen LogP) is 1.52. The SMILES string of the molecule is CCN(CCC(=O)OC)CC(=O)N1CCc2sccc2C1. The maximum absolute atomic E-state index is 12.4. The van der Waals surface area contributed by atoms with E-state index >= 15 is 0 Å². The molecule has 1 aliphatic rings. The fourth-order valence-corrected chi connectivity index (χ4v) is 3.34. The van der Waals surface area contributed by atoms with Crippen molar-refractivity contribution in [3.05, 3.63) is 21.9 Å². The molecule has 5 nitrogen and oxygen atoms in total. The molecule has 1 aromatic rings. The summed E-state index contributed by atoms with van der Waals surface area (Å²) < 4.78 is 4.64. The van der Waals surface area contributed by atoms with Crippen LogP contribution in [0.5, 0.6) is 0 Å². The number of hydrogen-bond donors (Lipinski definition) is 0. The molecular weight excluding hydrogens is 288 g/mol. The summed E-state index contributed by atoms with van der Waals surface area (Å²) in [5.74, 6) is -0.0969. The van der Waals surface area contributed by atoms with E-state index in [2.05, 4.69) is 16.2 Å². The summed E-state index contributed by atoms with van der Waals surface area (Å²) in [6, 6.07) is 2.11. The van der Waals surface area contributed by atoms with E-state index in [-0.39, 0.29) is 11.9 Å². The molecule has 6 heteroatoms. The number of carbonyl (C=O) groups is 2. The van der Waals surface area contributed by atoms with Gasteiger partial charge in [0, 0.05) is 24.5 Å². The molecule has 2 rings (SSSR count). The van der Waals surface area contributed by atoms with Crippen LogP contribution >= 0.6 is 11.3 Å². The summed E-state index contributed by atoms with van der Waals surface area (Å²) in [4.78, 5) is 28.9. The highest BCUT2D eigenvalue weighted by Crippen LogP contribution is 2.24. The Morgan fingerprint density at radius 3 is 3.00 bits per heavy atom. The second kappa shape index (κ2) is 7.56. The van der Waals surface area contributed by atoms with Crippen molar-refractivity contribution in [2.75, 3.05) is 33.3 Å². The molecule has 0 bridgehead atoms. The van der Waals surface area contributed by atoms with Gasteiger partial charge in [-0.25, -0.2) is 0 Å². The number of fused-ring (bicyclic) bond motifs is 1. The Kier molecular flexibility index (Phi) is 5.76. The summed E-state index contributed by atoms with van der Waals surface area (Å²) in [5, 5.41) is 2.09. The number of hydrogen-bond acceptors (Lipinski definition) is 5. The molecule has 0 aliphatic carbocycles. The summed E-state index contributed by atoms with van der Waals surface area (Å²) in [7, 11) is 1.38. The summed E-state index contributed by atoms with van der Waals surface area (Å²) >= 11 is 1.77. The molecule has 0 unspecified atom stereocenters. The number of amides is 1. The number of methoxy groups -OCH3 is 1. The van der Waals surface area contributed by atoms with Gasteiger partial charge in [-0.1, -0.05) is 6.92 Å². The molecule has 0 saturated carbocycles. The minimum atomic E-state index is -0.234. The maximum atomic E-state index is 12.4. The third kappa shape index (κ3) is 4.28. The van der Waals surface area contributed by atoms with Gasteiger partial charge in [0.1, 0.15) is 0 Å². The van der Waals surface area contributed by atoms with Crippen LogP contribution in [-0.2, 0) is 27.3 Å². The average molecular weight is 310 g/mol. The Labute approximate surface area is 129 Å². The number of nitrogens with zero attached hydrogens (tertiary/aromatic N) is 2. The topological polar surface area (TPSA) is 49.9 Å². The first-order valence-corrected chi connectivity index (χ1v) is 8.14. The minimum absolute atomic E-state index is 0.138. The van der Waals surface area contributed by atoms with E-state index in [1.165, 1.54) is 17.6 Å². The van der Waals surface area contributed by atoms with E-state index in [9.17, 15) is 9.59 Å². The number of esters is 1. The zero-order valence-electron chi connectivity index (χ0n) is 12.6. The Morgan fingerprint density at radius 2 is 2.29 bits per heavy atom. The van der Waals surface area contributed by atoms with Gasteiger partial charge in [0.15, 0.2) is 0 Å².